The first-order valence-electron chi connectivity index (χ1n) is 6.92. The number of nitrogens with zero attached hydrogens (tertiary/aromatic N) is 1. The van der Waals surface area contributed by atoms with Gasteiger partial charge in [-0.15, -0.1) is 11.3 Å². The molecule has 18 heavy (non-hydrogen) atoms. The SMILES string of the molecule is CCCNC(Cc1nc(C)cs1)C1(C)CCCS1. The van der Waals surface area contributed by atoms with Crippen LogP contribution in [0.1, 0.15) is 43.8 Å². The smallest absolute Gasteiger partial charge is 0.0944 e. The van der Waals surface area contributed by atoms with Crippen LogP contribution in [0.5, 0.6) is 0 Å². The van der Waals surface area contributed by atoms with E-state index in [9.17, 15) is 0 Å². The van der Waals surface area contributed by atoms with E-state index in [1.165, 1.54) is 30.0 Å². The zero-order valence-electron chi connectivity index (χ0n) is 11.7. The van der Waals surface area contributed by atoms with Crippen molar-refractivity contribution in [1.82, 2.24) is 10.3 Å². The highest BCUT2D eigenvalue weighted by Gasteiger charge is 2.37. The molecule has 0 saturated carbocycles. The van der Waals surface area contributed by atoms with Gasteiger partial charge in [0, 0.05) is 28.3 Å². The maximum Gasteiger partial charge on any atom is 0.0944 e. The largest absolute Gasteiger partial charge is 0.312 e. The average molecular weight is 284 g/mol. The normalized spacial score (nSPS) is 25.5. The zero-order chi connectivity index (χ0) is 13.0. The summed E-state index contributed by atoms with van der Waals surface area (Å²) in [6, 6.07) is 0.565. The van der Waals surface area contributed by atoms with Crippen LogP contribution in [0.3, 0.4) is 0 Å². The van der Waals surface area contributed by atoms with Crippen LogP contribution in [0.4, 0.5) is 0 Å². The number of nitrogens with one attached hydrogen (secondary N) is 1. The Morgan fingerprint density at radius 3 is 2.94 bits per heavy atom. The molecule has 102 valence electrons. The summed E-state index contributed by atoms with van der Waals surface area (Å²) in [4.78, 5) is 4.63. The molecule has 1 aromatic rings. The molecule has 1 saturated heterocycles. The van der Waals surface area contributed by atoms with E-state index >= 15 is 0 Å². The summed E-state index contributed by atoms with van der Waals surface area (Å²) in [5, 5.41) is 7.21. The van der Waals surface area contributed by atoms with Crippen LogP contribution >= 0.6 is 23.1 Å². The van der Waals surface area contributed by atoms with Crippen molar-refractivity contribution in [3.63, 3.8) is 0 Å². The van der Waals surface area contributed by atoms with Gasteiger partial charge in [-0.05, 0) is 45.4 Å². The zero-order valence-corrected chi connectivity index (χ0v) is 13.3. The van der Waals surface area contributed by atoms with E-state index in [1.54, 1.807) is 0 Å². The van der Waals surface area contributed by atoms with Crippen molar-refractivity contribution < 1.29 is 0 Å². The van der Waals surface area contributed by atoms with Gasteiger partial charge in [0.05, 0.1) is 5.01 Å². The molecule has 2 unspecified atom stereocenters. The molecule has 0 aliphatic carbocycles. The van der Waals surface area contributed by atoms with Crippen LogP contribution in [0, 0.1) is 6.92 Å². The van der Waals surface area contributed by atoms with E-state index in [1.807, 2.05) is 11.3 Å². The highest BCUT2D eigenvalue weighted by Crippen LogP contribution is 2.41. The van der Waals surface area contributed by atoms with E-state index in [4.69, 9.17) is 0 Å². The Morgan fingerprint density at radius 1 is 1.56 bits per heavy atom. The van der Waals surface area contributed by atoms with Crippen molar-refractivity contribution in [3.8, 4) is 0 Å². The van der Waals surface area contributed by atoms with Crippen molar-refractivity contribution in [2.24, 2.45) is 0 Å². The Kier molecular flexibility index (Phi) is 5.10. The van der Waals surface area contributed by atoms with Crippen molar-refractivity contribution in [2.75, 3.05) is 12.3 Å². The summed E-state index contributed by atoms with van der Waals surface area (Å²) in [7, 11) is 0. The van der Waals surface area contributed by atoms with Crippen molar-refractivity contribution in [2.45, 2.75) is 57.2 Å². The number of aromatic nitrogens is 1. The third-order valence-corrected chi connectivity index (χ3v) is 6.30. The molecule has 0 aromatic carbocycles. The molecule has 0 radical (unpaired) electrons. The lowest BCUT2D eigenvalue weighted by molar-refractivity contribution is 0.398. The number of thioether (sulfide) groups is 1. The van der Waals surface area contributed by atoms with E-state index in [0.29, 0.717) is 10.8 Å². The minimum Gasteiger partial charge on any atom is -0.312 e. The van der Waals surface area contributed by atoms with Gasteiger partial charge in [0.25, 0.3) is 0 Å². The van der Waals surface area contributed by atoms with Gasteiger partial charge in [0.1, 0.15) is 0 Å². The molecule has 2 atom stereocenters. The second-order valence-corrected chi connectivity index (χ2v) is 7.93. The summed E-state index contributed by atoms with van der Waals surface area (Å²) in [6.07, 6.45) is 4.99. The third-order valence-electron chi connectivity index (χ3n) is 3.67. The van der Waals surface area contributed by atoms with Crippen molar-refractivity contribution in [3.05, 3.63) is 16.1 Å². The third kappa shape index (κ3) is 3.49. The fraction of sp³-hybridized carbons (Fsp3) is 0.786. The first kappa shape index (κ1) is 14.4. The van der Waals surface area contributed by atoms with E-state index in [0.717, 1.165) is 18.7 Å². The van der Waals surface area contributed by atoms with Crippen LogP contribution in [-0.2, 0) is 6.42 Å². The molecule has 1 aromatic heterocycles. The summed E-state index contributed by atoms with van der Waals surface area (Å²) < 4.78 is 0.398. The van der Waals surface area contributed by atoms with Crippen LogP contribution in [0.25, 0.3) is 0 Å². The van der Waals surface area contributed by atoms with E-state index in [-0.39, 0.29) is 0 Å². The van der Waals surface area contributed by atoms with Crippen molar-refractivity contribution >= 4 is 23.1 Å². The summed E-state index contributed by atoms with van der Waals surface area (Å²) in [6.45, 7) is 7.87. The molecule has 1 N–H and O–H groups in total. The highest BCUT2D eigenvalue weighted by atomic mass is 32.2. The molecule has 2 nitrogen and oxygen atoms in total. The maximum atomic E-state index is 4.63. The van der Waals surface area contributed by atoms with Crippen molar-refractivity contribution in [1.29, 1.82) is 0 Å². The van der Waals surface area contributed by atoms with Gasteiger partial charge < -0.3 is 5.32 Å². The quantitative estimate of drug-likeness (QED) is 0.863. The van der Waals surface area contributed by atoms with Gasteiger partial charge in [-0.2, -0.15) is 11.8 Å². The van der Waals surface area contributed by atoms with Crippen LogP contribution < -0.4 is 5.32 Å². The fourth-order valence-corrected chi connectivity index (χ4v) is 4.80. The molecule has 1 fully saturated rings. The number of rotatable bonds is 6. The average Bonchev–Trinajstić information content (AvgIpc) is 2.94. The number of thiazole rings is 1. The molecule has 2 heterocycles. The summed E-state index contributed by atoms with van der Waals surface area (Å²) >= 11 is 3.95. The van der Waals surface area contributed by atoms with Gasteiger partial charge in [0.15, 0.2) is 0 Å². The molecule has 1 aliphatic heterocycles. The highest BCUT2D eigenvalue weighted by molar-refractivity contribution is 8.00. The van der Waals surface area contributed by atoms with Gasteiger partial charge in [-0.3, -0.25) is 0 Å². The lowest BCUT2D eigenvalue weighted by atomic mass is 9.93. The van der Waals surface area contributed by atoms with Crippen LogP contribution in [0.15, 0.2) is 5.38 Å². The number of aryl methyl sites for hydroxylation is 1. The summed E-state index contributed by atoms with van der Waals surface area (Å²) in [5.41, 5.74) is 1.16. The van der Waals surface area contributed by atoms with Gasteiger partial charge in [0.2, 0.25) is 0 Å². The topological polar surface area (TPSA) is 24.9 Å². The number of hydrogen-bond acceptors (Lipinski definition) is 4. The molecule has 0 spiro atoms. The molecular formula is C14H24N2S2. The molecule has 2 rings (SSSR count). The number of hydrogen-bond donors (Lipinski definition) is 1. The predicted octanol–water partition coefficient (Wildman–Crippen LogP) is 3.65. The second-order valence-electron chi connectivity index (χ2n) is 5.36. The molecule has 0 bridgehead atoms. The molecule has 1 aliphatic rings. The van der Waals surface area contributed by atoms with Gasteiger partial charge in [-0.1, -0.05) is 6.92 Å². The minimum atomic E-state index is 0.398. The van der Waals surface area contributed by atoms with E-state index < -0.39 is 0 Å². The lowest BCUT2D eigenvalue weighted by Crippen LogP contribution is -2.47. The first-order valence-corrected chi connectivity index (χ1v) is 8.79. The Bertz CT molecular complexity index is 370. The Labute approximate surface area is 119 Å². The monoisotopic (exact) mass is 284 g/mol. The summed E-state index contributed by atoms with van der Waals surface area (Å²) in [5.74, 6) is 1.32. The van der Waals surface area contributed by atoms with Crippen LogP contribution in [-0.4, -0.2) is 28.1 Å². The Balaban J connectivity index is 2.04. The predicted molar refractivity (Wildman–Crippen MR) is 82.7 cm³/mol. The molecular weight excluding hydrogens is 260 g/mol. The van der Waals surface area contributed by atoms with E-state index in [2.05, 4.69) is 48.2 Å². The van der Waals surface area contributed by atoms with Crippen LogP contribution in [0.2, 0.25) is 0 Å². The first-order chi connectivity index (χ1) is 8.64. The molecule has 4 heteroatoms. The fourth-order valence-electron chi connectivity index (χ4n) is 2.57. The second kappa shape index (κ2) is 6.40. The minimum absolute atomic E-state index is 0.398. The maximum absolute atomic E-state index is 4.63. The van der Waals surface area contributed by atoms with Gasteiger partial charge >= 0.3 is 0 Å². The van der Waals surface area contributed by atoms with Gasteiger partial charge in [-0.25, -0.2) is 4.98 Å². The Morgan fingerprint density at radius 2 is 2.39 bits per heavy atom. The standard InChI is InChI=1S/C14H24N2S2/c1-4-7-15-12(14(3)6-5-8-18-14)9-13-16-11(2)10-17-13/h10,12,15H,4-9H2,1-3H3. The Hall–Kier alpha value is -0.0600. The molecule has 0 amide bonds. The lowest BCUT2D eigenvalue weighted by Gasteiger charge is -2.33.